The lowest BCUT2D eigenvalue weighted by Crippen LogP contribution is -2.34. The van der Waals surface area contributed by atoms with E-state index in [1.807, 2.05) is 0 Å². The summed E-state index contributed by atoms with van der Waals surface area (Å²) in [6, 6.07) is 0. The number of ether oxygens (including phenoxy) is 7. The highest BCUT2D eigenvalue weighted by molar-refractivity contribution is 4.57. The van der Waals surface area contributed by atoms with Gasteiger partial charge in [0, 0.05) is 32.8 Å². The van der Waals surface area contributed by atoms with Crippen LogP contribution in [0.5, 0.6) is 0 Å². The Kier molecular flexibility index (Phi) is 27.4. The molecule has 0 unspecified atom stereocenters. The molecule has 188 valence electrons. The van der Waals surface area contributed by atoms with Crippen molar-refractivity contribution in [1.82, 2.24) is 4.90 Å². The van der Waals surface area contributed by atoms with Crippen LogP contribution in [-0.2, 0) is 33.2 Å². The topological polar surface area (TPSA) is 88.1 Å². The van der Waals surface area contributed by atoms with Crippen molar-refractivity contribution in [2.75, 3.05) is 119 Å². The van der Waals surface area contributed by atoms with E-state index in [1.54, 1.807) is 0 Å². The summed E-state index contributed by atoms with van der Waals surface area (Å²) >= 11 is 0. The molecule has 0 radical (unpaired) electrons. The first-order valence-electron chi connectivity index (χ1n) is 11.7. The molecule has 0 saturated carbocycles. The normalized spacial score (nSPS) is 11.6. The molecular formula is C22H47NO8. The molecule has 0 spiro atoms. The average molecular weight is 454 g/mol. The molecule has 0 fully saturated rings. The summed E-state index contributed by atoms with van der Waals surface area (Å²) in [4.78, 5) is 2.28. The number of rotatable bonds is 27. The fraction of sp³-hybridized carbons (Fsp3) is 1.00. The molecule has 0 aromatic heterocycles. The molecule has 0 heterocycles. The van der Waals surface area contributed by atoms with Crippen LogP contribution >= 0.6 is 0 Å². The second-order valence-corrected chi connectivity index (χ2v) is 6.85. The predicted molar refractivity (Wildman–Crippen MR) is 120 cm³/mol. The van der Waals surface area contributed by atoms with Gasteiger partial charge in [0.25, 0.3) is 0 Å². The number of nitrogens with zero attached hydrogens (tertiary/aromatic N) is 1. The summed E-state index contributed by atoms with van der Waals surface area (Å²) in [5, 5.41) is 8.62. The van der Waals surface area contributed by atoms with Crippen LogP contribution in [-0.4, -0.2) is 129 Å². The first kappa shape index (κ1) is 30.6. The Morgan fingerprint density at radius 3 is 1.03 bits per heavy atom. The Bertz CT molecular complexity index is 308. The Balaban J connectivity index is 3.79. The highest BCUT2D eigenvalue weighted by Crippen LogP contribution is 1.93. The lowest BCUT2D eigenvalue weighted by molar-refractivity contribution is -0.00190. The Morgan fingerprint density at radius 1 is 0.419 bits per heavy atom. The molecule has 0 aliphatic heterocycles. The van der Waals surface area contributed by atoms with E-state index in [4.69, 9.17) is 38.3 Å². The van der Waals surface area contributed by atoms with Crippen molar-refractivity contribution in [1.29, 1.82) is 0 Å². The Morgan fingerprint density at radius 2 is 0.710 bits per heavy atom. The van der Waals surface area contributed by atoms with E-state index in [0.717, 1.165) is 45.7 Å². The zero-order valence-corrected chi connectivity index (χ0v) is 19.9. The predicted octanol–water partition coefficient (Wildman–Crippen LogP) is 1.22. The summed E-state index contributed by atoms with van der Waals surface area (Å²) in [6.45, 7) is 15.1. The first-order chi connectivity index (χ1) is 15.3. The van der Waals surface area contributed by atoms with Crippen molar-refractivity contribution in [2.24, 2.45) is 0 Å². The van der Waals surface area contributed by atoms with Crippen LogP contribution in [0.1, 0.15) is 26.7 Å². The van der Waals surface area contributed by atoms with E-state index < -0.39 is 0 Å². The van der Waals surface area contributed by atoms with Crippen LogP contribution < -0.4 is 0 Å². The Labute approximate surface area is 189 Å². The molecule has 0 atom stereocenters. The monoisotopic (exact) mass is 453 g/mol. The van der Waals surface area contributed by atoms with Crippen molar-refractivity contribution < 1.29 is 38.3 Å². The third-order valence-corrected chi connectivity index (χ3v) is 4.08. The standard InChI is InChI=1S/C22H47NO8/c1-3-9-25-15-17-27-11-5-23(6-12-28-18-16-26-10-4-2)7-13-29-19-21-31-22-20-30-14-8-24/h24H,3-22H2,1-2H3. The molecule has 1 N–H and O–H groups in total. The van der Waals surface area contributed by atoms with Gasteiger partial charge < -0.3 is 38.3 Å². The van der Waals surface area contributed by atoms with Gasteiger partial charge in [-0.2, -0.15) is 0 Å². The number of aliphatic hydroxyl groups excluding tert-OH is 1. The van der Waals surface area contributed by atoms with Gasteiger partial charge in [-0.1, -0.05) is 13.8 Å². The smallest absolute Gasteiger partial charge is 0.0701 e. The van der Waals surface area contributed by atoms with Gasteiger partial charge in [0.2, 0.25) is 0 Å². The van der Waals surface area contributed by atoms with Crippen LogP contribution in [0.25, 0.3) is 0 Å². The second kappa shape index (κ2) is 27.7. The average Bonchev–Trinajstić information content (AvgIpc) is 2.78. The highest BCUT2D eigenvalue weighted by atomic mass is 16.5. The minimum Gasteiger partial charge on any atom is -0.394 e. The third-order valence-electron chi connectivity index (χ3n) is 4.08. The molecule has 31 heavy (non-hydrogen) atoms. The molecule has 0 saturated heterocycles. The molecule has 0 aromatic rings. The van der Waals surface area contributed by atoms with Gasteiger partial charge in [0.05, 0.1) is 85.9 Å². The summed E-state index contributed by atoms with van der Waals surface area (Å²) in [5.41, 5.74) is 0. The summed E-state index contributed by atoms with van der Waals surface area (Å²) in [6.07, 6.45) is 2.06. The number of hydrogen-bond acceptors (Lipinski definition) is 9. The van der Waals surface area contributed by atoms with E-state index in [-0.39, 0.29) is 6.61 Å². The van der Waals surface area contributed by atoms with Crippen molar-refractivity contribution in [2.45, 2.75) is 26.7 Å². The van der Waals surface area contributed by atoms with Crippen molar-refractivity contribution >= 4 is 0 Å². The highest BCUT2D eigenvalue weighted by Gasteiger charge is 2.05. The van der Waals surface area contributed by atoms with Gasteiger partial charge in [0.15, 0.2) is 0 Å². The van der Waals surface area contributed by atoms with Crippen LogP contribution in [0.3, 0.4) is 0 Å². The maximum absolute atomic E-state index is 8.62. The fourth-order valence-electron chi connectivity index (χ4n) is 2.46. The minimum atomic E-state index is 0.0367. The lowest BCUT2D eigenvalue weighted by Gasteiger charge is -2.22. The van der Waals surface area contributed by atoms with Gasteiger partial charge >= 0.3 is 0 Å². The number of aliphatic hydroxyl groups is 1. The van der Waals surface area contributed by atoms with Crippen molar-refractivity contribution in [3.05, 3.63) is 0 Å². The maximum atomic E-state index is 8.62. The van der Waals surface area contributed by atoms with Gasteiger partial charge in [-0.05, 0) is 12.8 Å². The molecular weight excluding hydrogens is 406 g/mol. The molecule has 9 heteroatoms. The molecule has 9 nitrogen and oxygen atoms in total. The van der Waals surface area contributed by atoms with Crippen LogP contribution in [0.2, 0.25) is 0 Å². The van der Waals surface area contributed by atoms with Gasteiger partial charge in [-0.15, -0.1) is 0 Å². The molecule has 0 rings (SSSR count). The fourth-order valence-corrected chi connectivity index (χ4v) is 2.46. The number of hydrogen-bond donors (Lipinski definition) is 1. The quantitative estimate of drug-likeness (QED) is 0.184. The van der Waals surface area contributed by atoms with E-state index in [1.165, 1.54) is 0 Å². The van der Waals surface area contributed by atoms with Gasteiger partial charge in [0.1, 0.15) is 0 Å². The molecule has 0 aliphatic carbocycles. The molecule has 0 bridgehead atoms. The zero-order valence-electron chi connectivity index (χ0n) is 19.9. The molecule has 0 amide bonds. The minimum absolute atomic E-state index is 0.0367. The molecule has 0 aromatic carbocycles. The Hall–Kier alpha value is -0.360. The summed E-state index contributed by atoms with van der Waals surface area (Å²) in [7, 11) is 0. The van der Waals surface area contributed by atoms with E-state index in [2.05, 4.69) is 18.7 Å². The van der Waals surface area contributed by atoms with Crippen LogP contribution in [0.4, 0.5) is 0 Å². The first-order valence-corrected chi connectivity index (χ1v) is 11.7. The largest absolute Gasteiger partial charge is 0.394 e. The van der Waals surface area contributed by atoms with Crippen LogP contribution in [0.15, 0.2) is 0 Å². The van der Waals surface area contributed by atoms with Crippen molar-refractivity contribution in [3.8, 4) is 0 Å². The third kappa shape index (κ3) is 25.8. The van der Waals surface area contributed by atoms with E-state index in [9.17, 15) is 0 Å². The van der Waals surface area contributed by atoms with E-state index in [0.29, 0.717) is 79.3 Å². The maximum Gasteiger partial charge on any atom is 0.0701 e. The lowest BCUT2D eigenvalue weighted by atomic mass is 10.4. The van der Waals surface area contributed by atoms with Crippen LogP contribution in [0, 0.1) is 0 Å². The summed E-state index contributed by atoms with van der Waals surface area (Å²) in [5.74, 6) is 0. The second-order valence-electron chi connectivity index (χ2n) is 6.85. The van der Waals surface area contributed by atoms with Crippen molar-refractivity contribution in [3.63, 3.8) is 0 Å². The zero-order chi connectivity index (χ0) is 22.7. The van der Waals surface area contributed by atoms with E-state index >= 15 is 0 Å². The summed E-state index contributed by atoms with van der Waals surface area (Å²) < 4.78 is 38.4. The SMILES string of the molecule is CCCOCCOCCN(CCOCCOCCC)CCOCCOCCOCCO. The van der Waals surface area contributed by atoms with Gasteiger partial charge in [-0.25, -0.2) is 0 Å². The molecule has 0 aliphatic rings. The van der Waals surface area contributed by atoms with Gasteiger partial charge in [-0.3, -0.25) is 4.90 Å².